The first-order valence-electron chi connectivity index (χ1n) is 7.74. The molecule has 5 heteroatoms. The van der Waals surface area contributed by atoms with E-state index >= 15 is 0 Å². The summed E-state index contributed by atoms with van der Waals surface area (Å²) in [4.78, 5) is 29.1. The molecule has 2 aromatic carbocycles. The molecule has 0 unspecified atom stereocenters. The molecular formula is C19H17FN2O2. The Labute approximate surface area is 138 Å². The Morgan fingerprint density at radius 2 is 1.92 bits per heavy atom. The zero-order chi connectivity index (χ0) is 17.1. The Hall–Kier alpha value is -2.95. The molecule has 24 heavy (non-hydrogen) atoms. The van der Waals surface area contributed by atoms with Crippen molar-refractivity contribution in [2.45, 2.75) is 13.5 Å². The van der Waals surface area contributed by atoms with Gasteiger partial charge in [-0.15, -0.1) is 0 Å². The lowest BCUT2D eigenvalue weighted by Crippen LogP contribution is -2.32. The van der Waals surface area contributed by atoms with Crippen LogP contribution >= 0.6 is 0 Å². The Morgan fingerprint density at radius 3 is 2.67 bits per heavy atom. The summed E-state index contributed by atoms with van der Waals surface area (Å²) in [6, 6.07) is 14.9. The van der Waals surface area contributed by atoms with E-state index < -0.39 is 0 Å². The van der Waals surface area contributed by atoms with E-state index in [1.165, 1.54) is 12.1 Å². The molecule has 0 fully saturated rings. The van der Waals surface area contributed by atoms with E-state index in [0.717, 1.165) is 0 Å². The molecule has 1 N–H and O–H groups in total. The highest BCUT2D eigenvalue weighted by Gasteiger charge is 2.17. The standard InChI is InChI=1S/C19H17FN2O2/c1-2-22(12-13-6-5-8-15(20)10-13)19(24)17-11-14-7-3-4-9-16(14)18(23)21-17/h3-11H,2,12H2,1H3,(H,21,23). The van der Waals surface area contributed by atoms with Crippen molar-refractivity contribution in [1.29, 1.82) is 0 Å². The van der Waals surface area contributed by atoms with Gasteiger partial charge in [-0.1, -0.05) is 30.3 Å². The third-order valence-corrected chi connectivity index (χ3v) is 3.92. The van der Waals surface area contributed by atoms with Gasteiger partial charge in [0.25, 0.3) is 11.5 Å². The smallest absolute Gasteiger partial charge is 0.270 e. The largest absolute Gasteiger partial charge is 0.333 e. The molecule has 1 heterocycles. The molecule has 0 bridgehead atoms. The number of H-pyrrole nitrogens is 1. The van der Waals surface area contributed by atoms with Crippen molar-refractivity contribution in [3.05, 3.63) is 82.0 Å². The summed E-state index contributed by atoms with van der Waals surface area (Å²) in [5, 5.41) is 1.26. The van der Waals surface area contributed by atoms with Gasteiger partial charge in [0.2, 0.25) is 0 Å². The zero-order valence-corrected chi connectivity index (χ0v) is 13.3. The van der Waals surface area contributed by atoms with Crippen LogP contribution in [0.3, 0.4) is 0 Å². The van der Waals surface area contributed by atoms with Gasteiger partial charge in [-0.05, 0) is 42.1 Å². The summed E-state index contributed by atoms with van der Waals surface area (Å²) in [7, 11) is 0. The molecule has 3 aromatic rings. The summed E-state index contributed by atoms with van der Waals surface area (Å²) in [5.41, 5.74) is 0.642. The molecule has 1 aromatic heterocycles. The van der Waals surface area contributed by atoms with Crippen LogP contribution in [-0.4, -0.2) is 22.3 Å². The minimum Gasteiger partial charge on any atom is -0.333 e. The Morgan fingerprint density at radius 1 is 1.12 bits per heavy atom. The topological polar surface area (TPSA) is 53.2 Å². The molecule has 0 aliphatic heterocycles. The van der Waals surface area contributed by atoms with Crippen molar-refractivity contribution in [2.24, 2.45) is 0 Å². The normalized spacial score (nSPS) is 10.8. The number of nitrogens with one attached hydrogen (secondary N) is 1. The fourth-order valence-electron chi connectivity index (χ4n) is 2.68. The molecule has 4 nitrogen and oxygen atoms in total. The van der Waals surface area contributed by atoms with Gasteiger partial charge in [-0.25, -0.2) is 4.39 Å². The van der Waals surface area contributed by atoms with Crippen LogP contribution in [0, 0.1) is 5.82 Å². The molecule has 122 valence electrons. The highest BCUT2D eigenvalue weighted by atomic mass is 19.1. The molecule has 0 atom stereocenters. The van der Waals surface area contributed by atoms with E-state index in [1.54, 1.807) is 41.3 Å². The maximum Gasteiger partial charge on any atom is 0.270 e. The second kappa shape index (κ2) is 6.66. The first-order valence-corrected chi connectivity index (χ1v) is 7.74. The fraction of sp³-hybridized carbons (Fsp3) is 0.158. The first kappa shape index (κ1) is 15.9. The number of rotatable bonds is 4. The number of amides is 1. The first-order chi connectivity index (χ1) is 11.6. The maximum absolute atomic E-state index is 13.3. The van der Waals surface area contributed by atoms with Crippen LogP contribution in [-0.2, 0) is 6.54 Å². The number of aromatic amines is 1. The van der Waals surface area contributed by atoms with Crippen LogP contribution in [0.5, 0.6) is 0 Å². The molecule has 0 spiro atoms. The number of carbonyl (C=O) groups excluding carboxylic acids is 1. The van der Waals surface area contributed by atoms with Crippen molar-refractivity contribution in [3.63, 3.8) is 0 Å². The van der Waals surface area contributed by atoms with Gasteiger partial charge in [0, 0.05) is 18.5 Å². The number of halogens is 1. The maximum atomic E-state index is 13.3. The van der Waals surface area contributed by atoms with Gasteiger partial charge in [0.1, 0.15) is 11.5 Å². The van der Waals surface area contributed by atoms with Crippen LogP contribution in [0.1, 0.15) is 23.0 Å². The van der Waals surface area contributed by atoms with Gasteiger partial charge >= 0.3 is 0 Å². The number of aromatic nitrogens is 1. The Kier molecular flexibility index (Phi) is 4.42. The number of hydrogen-bond donors (Lipinski definition) is 1. The average molecular weight is 324 g/mol. The van der Waals surface area contributed by atoms with Crippen LogP contribution in [0.2, 0.25) is 0 Å². The van der Waals surface area contributed by atoms with E-state index in [-0.39, 0.29) is 29.5 Å². The van der Waals surface area contributed by atoms with E-state index in [2.05, 4.69) is 4.98 Å². The quantitative estimate of drug-likeness (QED) is 0.800. The SMILES string of the molecule is CCN(Cc1cccc(F)c1)C(=O)c1cc2ccccc2c(=O)[nH]1. The second-order valence-electron chi connectivity index (χ2n) is 5.55. The summed E-state index contributed by atoms with van der Waals surface area (Å²) < 4.78 is 13.3. The second-order valence-corrected chi connectivity index (χ2v) is 5.55. The minimum absolute atomic E-state index is 0.233. The summed E-state index contributed by atoms with van der Waals surface area (Å²) in [6.07, 6.45) is 0. The molecular weight excluding hydrogens is 307 g/mol. The predicted molar refractivity (Wildman–Crippen MR) is 91.4 cm³/mol. The van der Waals surface area contributed by atoms with Gasteiger partial charge in [0.05, 0.1) is 0 Å². The number of nitrogens with zero attached hydrogens (tertiary/aromatic N) is 1. The molecule has 0 radical (unpaired) electrons. The van der Waals surface area contributed by atoms with Gasteiger partial charge in [-0.3, -0.25) is 9.59 Å². The van der Waals surface area contributed by atoms with Crippen molar-refractivity contribution >= 4 is 16.7 Å². The third-order valence-electron chi connectivity index (χ3n) is 3.92. The fourth-order valence-corrected chi connectivity index (χ4v) is 2.68. The predicted octanol–water partition coefficient (Wildman–Crippen LogP) is 3.33. The van der Waals surface area contributed by atoms with Crippen molar-refractivity contribution in [1.82, 2.24) is 9.88 Å². The number of pyridine rings is 1. The van der Waals surface area contributed by atoms with Crippen LogP contribution in [0.25, 0.3) is 10.8 Å². The van der Waals surface area contributed by atoms with Crippen molar-refractivity contribution < 1.29 is 9.18 Å². The number of benzene rings is 2. The minimum atomic E-state index is -0.338. The Bertz CT molecular complexity index is 949. The lowest BCUT2D eigenvalue weighted by molar-refractivity contribution is 0.0746. The molecule has 0 aliphatic carbocycles. The molecule has 0 saturated carbocycles. The van der Waals surface area contributed by atoms with E-state index in [1.807, 2.05) is 13.0 Å². The van der Waals surface area contributed by atoms with Crippen LogP contribution in [0.15, 0.2) is 59.4 Å². The van der Waals surface area contributed by atoms with E-state index in [4.69, 9.17) is 0 Å². The third kappa shape index (κ3) is 3.20. The van der Waals surface area contributed by atoms with Crippen LogP contribution in [0.4, 0.5) is 4.39 Å². The van der Waals surface area contributed by atoms with Gasteiger partial charge < -0.3 is 9.88 Å². The number of hydrogen-bond acceptors (Lipinski definition) is 2. The van der Waals surface area contributed by atoms with E-state index in [0.29, 0.717) is 22.9 Å². The zero-order valence-electron chi connectivity index (χ0n) is 13.3. The highest BCUT2D eigenvalue weighted by molar-refractivity contribution is 5.96. The summed E-state index contributed by atoms with van der Waals surface area (Å²) >= 11 is 0. The van der Waals surface area contributed by atoms with Crippen molar-refractivity contribution in [3.8, 4) is 0 Å². The monoisotopic (exact) mass is 324 g/mol. The van der Waals surface area contributed by atoms with Crippen molar-refractivity contribution in [2.75, 3.05) is 6.54 Å². The number of carbonyl (C=O) groups is 1. The Balaban J connectivity index is 1.93. The molecule has 1 amide bonds. The summed E-state index contributed by atoms with van der Waals surface area (Å²) in [6.45, 7) is 2.57. The van der Waals surface area contributed by atoms with Crippen LogP contribution < -0.4 is 5.56 Å². The molecule has 3 rings (SSSR count). The number of fused-ring (bicyclic) bond motifs is 1. The average Bonchev–Trinajstić information content (AvgIpc) is 2.59. The summed E-state index contributed by atoms with van der Waals surface area (Å²) in [5.74, 6) is -0.625. The lowest BCUT2D eigenvalue weighted by Gasteiger charge is -2.21. The van der Waals surface area contributed by atoms with Gasteiger partial charge in [-0.2, -0.15) is 0 Å². The van der Waals surface area contributed by atoms with Gasteiger partial charge in [0.15, 0.2) is 0 Å². The molecule has 0 saturated heterocycles. The lowest BCUT2D eigenvalue weighted by atomic mass is 10.1. The highest BCUT2D eigenvalue weighted by Crippen LogP contribution is 2.13. The molecule has 0 aliphatic rings. The van der Waals surface area contributed by atoms with E-state index in [9.17, 15) is 14.0 Å².